The van der Waals surface area contributed by atoms with Crippen LogP contribution in [0.1, 0.15) is 65.2 Å². The van der Waals surface area contributed by atoms with Gasteiger partial charge in [0.15, 0.2) is 0 Å². The van der Waals surface area contributed by atoms with Gasteiger partial charge in [0.2, 0.25) is 11.8 Å². The van der Waals surface area contributed by atoms with Gasteiger partial charge in [-0.15, -0.1) is 0 Å². The van der Waals surface area contributed by atoms with E-state index in [1.54, 1.807) is 4.90 Å². The van der Waals surface area contributed by atoms with E-state index >= 15 is 0 Å². The number of nitrogens with one attached hydrogen (secondary N) is 3. The molecule has 0 aromatic rings. The molecule has 0 radical (unpaired) electrons. The fraction of sp³-hybridized carbons (Fsp3) is 0.625. The van der Waals surface area contributed by atoms with Gasteiger partial charge in [0, 0.05) is 30.9 Å². The Balaban J connectivity index is 2.36. The molecule has 1 fully saturated rings. The summed E-state index contributed by atoms with van der Waals surface area (Å²) < 4.78 is 0. The van der Waals surface area contributed by atoms with Crippen LogP contribution in [-0.2, 0) is 14.4 Å². The Labute approximate surface area is 192 Å². The number of hydrogen-bond acceptors (Lipinski definition) is 6. The smallest absolute Gasteiger partial charge is 0.243 e. The van der Waals surface area contributed by atoms with Crippen molar-refractivity contribution in [1.82, 2.24) is 20.9 Å². The van der Waals surface area contributed by atoms with E-state index in [-0.39, 0.29) is 17.7 Å². The molecule has 1 aliphatic heterocycles. The Morgan fingerprint density at radius 2 is 1.88 bits per heavy atom. The lowest BCUT2D eigenvalue weighted by Crippen LogP contribution is -2.50. The van der Waals surface area contributed by atoms with Crippen molar-refractivity contribution in [2.45, 2.75) is 77.3 Å². The zero-order chi connectivity index (χ0) is 24.1. The minimum absolute atomic E-state index is 0.0356. The minimum atomic E-state index is -0.547. The highest BCUT2D eigenvalue weighted by Gasteiger charge is 2.25. The number of unbranched alkanes of at least 4 members (excludes halogenated alkanes) is 2. The summed E-state index contributed by atoms with van der Waals surface area (Å²) in [5, 5.41) is 8.95. The second kappa shape index (κ2) is 14.3. The van der Waals surface area contributed by atoms with Crippen LogP contribution in [0.2, 0.25) is 0 Å². The Morgan fingerprint density at radius 3 is 2.44 bits per heavy atom. The van der Waals surface area contributed by atoms with Crippen LogP contribution in [0.4, 0.5) is 0 Å². The maximum Gasteiger partial charge on any atom is 0.243 e. The number of aldehydes is 1. The third kappa shape index (κ3) is 10.0. The van der Waals surface area contributed by atoms with Crippen molar-refractivity contribution in [2.24, 2.45) is 11.7 Å². The van der Waals surface area contributed by atoms with Gasteiger partial charge in [-0.1, -0.05) is 40.0 Å². The Kier molecular flexibility index (Phi) is 12.2. The van der Waals surface area contributed by atoms with Gasteiger partial charge in [-0.2, -0.15) is 0 Å². The lowest BCUT2D eigenvalue weighted by molar-refractivity contribution is -0.127. The summed E-state index contributed by atoms with van der Waals surface area (Å²) in [6, 6.07) is -1.01. The van der Waals surface area contributed by atoms with Crippen molar-refractivity contribution < 1.29 is 14.4 Å². The van der Waals surface area contributed by atoms with Gasteiger partial charge in [0.1, 0.15) is 12.3 Å². The predicted octanol–water partition coefficient (Wildman–Crippen LogP) is 2.29. The average molecular weight is 448 g/mol. The van der Waals surface area contributed by atoms with Crippen LogP contribution >= 0.6 is 0 Å². The van der Waals surface area contributed by atoms with Gasteiger partial charge in [0.25, 0.3) is 0 Å². The number of hydrogen-bond donors (Lipinski definition) is 4. The molecule has 0 aliphatic carbocycles. The van der Waals surface area contributed by atoms with Crippen molar-refractivity contribution in [3.8, 4) is 0 Å². The monoisotopic (exact) mass is 447 g/mol. The molecule has 1 heterocycles. The van der Waals surface area contributed by atoms with Gasteiger partial charge < -0.3 is 31.4 Å². The van der Waals surface area contributed by atoms with Crippen molar-refractivity contribution in [3.63, 3.8) is 0 Å². The molecular formula is C24H41N5O3. The molecule has 0 spiro atoms. The molecule has 0 saturated carbocycles. The van der Waals surface area contributed by atoms with Gasteiger partial charge in [-0.25, -0.2) is 0 Å². The highest BCUT2D eigenvalue weighted by Crippen LogP contribution is 2.21. The van der Waals surface area contributed by atoms with E-state index in [0.717, 1.165) is 56.3 Å². The molecule has 1 aliphatic rings. The third-order valence-corrected chi connectivity index (χ3v) is 5.52. The second-order valence-corrected chi connectivity index (χ2v) is 8.74. The van der Waals surface area contributed by atoms with Gasteiger partial charge >= 0.3 is 0 Å². The predicted molar refractivity (Wildman–Crippen MR) is 128 cm³/mol. The van der Waals surface area contributed by atoms with Crippen molar-refractivity contribution in [2.75, 3.05) is 13.1 Å². The topological polar surface area (TPSA) is 117 Å². The summed E-state index contributed by atoms with van der Waals surface area (Å²) in [5.41, 5.74) is 7.17. The summed E-state index contributed by atoms with van der Waals surface area (Å²) >= 11 is 0. The standard InChI is InChI=1S/C24H41N5O3/c1-17(2)23(24(32)28-21(16-30)11-9-14-26-20(5)25)27-18(3)10-7-6-8-15-29-19(4)12-13-22(29)31/h16-17,21,23,26-27H,3-15,25H2,1-2H3,(H,28,32)/t21-,23?/m0/s1. The van der Waals surface area contributed by atoms with E-state index in [9.17, 15) is 14.4 Å². The summed E-state index contributed by atoms with van der Waals surface area (Å²) in [7, 11) is 0. The molecule has 0 bridgehead atoms. The van der Waals surface area contributed by atoms with E-state index in [4.69, 9.17) is 5.73 Å². The fourth-order valence-electron chi connectivity index (χ4n) is 3.61. The molecule has 32 heavy (non-hydrogen) atoms. The molecule has 8 nitrogen and oxygen atoms in total. The molecule has 180 valence electrons. The zero-order valence-electron chi connectivity index (χ0n) is 19.8. The number of rotatable bonds is 17. The number of carbonyl (C=O) groups excluding carboxylic acids is 3. The third-order valence-electron chi connectivity index (χ3n) is 5.52. The van der Waals surface area contributed by atoms with Gasteiger partial charge in [-0.05, 0) is 44.4 Å². The zero-order valence-corrected chi connectivity index (χ0v) is 19.8. The van der Waals surface area contributed by atoms with Gasteiger partial charge in [-0.3, -0.25) is 9.59 Å². The summed E-state index contributed by atoms with van der Waals surface area (Å²) in [6.07, 6.45) is 6.86. The Morgan fingerprint density at radius 1 is 1.16 bits per heavy atom. The van der Waals surface area contributed by atoms with E-state index < -0.39 is 12.1 Å². The molecule has 0 aromatic heterocycles. The van der Waals surface area contributed by atoms with Crippen molar-refractivity contribution in [3.05, 3.63) is 37.0 Å². The second-order valence-electron chi connectivity index (χ2n) is 8.74. The molecular weight excluding hydrogens is 406 g/mol. The number of amides is 2. The SMILES string of the molecule is C=C(N)NCCC[C@@H](C=O)NC(=O)C(NC(=C)CCCCCN1C(=C)CCC1=O)C(C)C. The van der Waals surface area contributed by atoms with Crippen LogP contribution in [0.5, 0.6) is 0 Å². The average Bonchev–Trinajstić information content (AvgIpc) is 3.05. The van der Waals surface area contributed by atoms with Crippen LogP contribution < -0.4 is 21.7 Å². The van der Waals surface area contributed by atoms with E-state index in [0.29, 0.717) is 31.6 Å². The maximum absolute atomic E-state index is 12.7. The number of nitrogens with two attached hydrogens (primary N) is 1. The Bertz CT molecular complexity index is 673. The highest BCUT2D eigenvalue weighted by atomic mass is 16.2. The molecule has 2 amide bonds. The van der Waals surface area contributed by atoms with E-state index in [1.165, 1.54) is 0 Å². The quantitative estimate of drug-likeness (QED) is 0.201. The molecule has 0 aromatic carbocycles. The lowest BCUT2D eigenvalue weighted by atomic mass is 10.0. The first-order valence-corrected chi connectivity index (χ1v) is 11.5. The van der Waals surface area contributed by atoms with Crippen LogP contribution in [0, 0.1) is 5.92 Å². The number of nitrogens with zero attached hydrogens (tertiary/aromatic N) is 1. The fourth-order valence-corrected chi connectivity index (χ4v) is 3.61. The molecule has 1 rings (SSSR count). The van der Waals surface area contributed by atoms with Crippen LogP contribution in [0.3, 0.4) is 0 Å². The molecule has 2 atom stereocenters. The maximum atomic E-state index is 12.7. The first-order chi connectivity index (χ1) is 15.1. The summed E-state index contributed by atoms with van der Waals surface area (Å²) in [4.78, 5) is 37.7. The summed E-state index contributed by atoms with van der Waals surface area (Å²) in [5.74, 6) is 0.379. The number of carbonyl (C=O) groups is 3. The van der Waals surface area contributed by atoms with Gasteiger partial charge in [0.05, 0.1) is 11.9 Å². The van der Waals surface area contributed by atoms with E-state index in [2.05, 4.69) is 35.7 Å². The van der Waals surface area contributed by atoms with Crippen molar-refractivity contribution in [1.29, 1.82) is 0 Å². The minimum Gasteiger partial charge on any atom is -0.386 e. The molecule has 1 unspecified atom stereocenters. The number of allylic oxidation sites excluding steroid dienone is 2. The lowest BCUT2D eigenvalue weighted by Gasteiger charge is -2.25. The van der Waals surface area contributed by atoms with Crippen LogP contribution in [-0.4, -0.2) is 48.2 Å². The summed E-state index contributed by atoms with van der Waals surface area (Å²) in [6.45, 7) is 16.8. The van der Waals surface area contributed by atoms with Crippen LogP contribution in [0.25, 0.3) is 0 Å². The first-order valence-electron chi connectivity index (χ1n) is 11.5. The van der Waals surface area contributed by atoms with E-state index in [1.807, 2.05) is 13.8 Å². The Hall–Kier alpha value is -2.77. The largest absolute Gasteiger partial charge is 0.386 e. The molecule has 1 saturated heterocycles. The first kappa shape index (κ1) is 27.3. The van der Waals surface area contributed by atoms with Crippen molar-refractivity contribution >= 4 is 18.1 Å². The van der Waals surface area contributed by atoms with Crippen LogP contribution in [0.15, 0.2) is 37.0 Å². The number of likely N-dealkylation sites (tertiary alicyclic amines) is 1. The highest BCUT2D eigenvalue weighted by molar-refractivity contribution is 5.84. The normalized spacial score (nSPS) is 15.4. The molecule has 5 N–H and O–H groups in total. The molecule has 8 heteroatoms.